The van der Waals surface area contributed by atoms with E-state index in [1.54, 1.807) is 30.8 Å². The van der Waals surface area contributed by atoms with Crippen molar-refractivity contribution < 1.29 is 18.7 Å². The maximum absolute atomic E-state index is 12.9. The Hall–Kier alpha value is -1.86. The van der Waals surface area contributed by atoms with E-state index in [1.807, 2.05) is 0 Å². The molecular formula is C21H24FNO3S2. The van der Waals surface area contributed by atoms with Gasteiger partial charge in [0.05, 0.1) is 12.2 Å². The fraction of sp³-hybridized carbons (Fsp3) is 0.429. The minimum atomic E-state index is -0.343. The first-order valence-electron chi connectivity index (χ1n) is 9.58. The lowest BCUT2D eigenvalue weighted by molar-refractivity contribution is -0.116. The SMILES string of the molecule is CCOC(=O)c1c(NC(=O)CCCSc2ccc(F)cc2)sc2c1CCCC2. The number of anilines is 1. The van der Waals surface area contributed by atoms with Crippen LogP contribution in [-0.4, -0.2) is 24.2 Å². The Bertz CT molecular complexity index is 833. The van der Waals surface area contributed by atoms with Crippen LogP contribution in [0.15, 0.2) is 29.2 Å². The van der Waals surface area contributed by atoms with Crippen molar-refractivity contribution in [3.05, 3.63) is 46.1 Å². The number of fused-ring (bicyclic) bond motifs is 1. The normalized spacial score (nSPS) is 13.1. The zero-order chi connectivity index (χ0) is 19.9. The first-order chi connectivity index (χ1) is 13.6. The van der Waals surface area contributed by atoms with E-state index in [0.29, 0.717) is 30.0 Å². The van der Waals surface area contributed by atoms with E-state index in [9.17, 15) is 14.0 Å². The molecule has 1 aromatic heterocycles. The molecule has 0 saturated carbocycles. The van der Waals surface area contributed by atoms with Crippen molar-refractivity contribution in [1.82, 2.24) is 0 Å². The van der Waals surface area contributed by atoms with Gasteiger partial charge in [-0.25, -0.2) is 9.18 Å². The summed E-state index contributed by atoms with van der Waals surface area (Å²) >= 11 is 3.10. The number of thioether (sulfide) groups is 1. The number of aryl methyl sites for hydroxylation is 1. The molecule has 1 amide bonds. The molecule has 1 aliphatic carbocycles. The van der Waals surface area contributed by atoms with Crippen molar-refractivity contribution in [2.75, 3.05) is 17.7 Å². The lowest BCUT2D eigenvalue weighted by Crippen LogP contribution is -2.15. The monoisotopic (exact) mass is 421 g/mol. The lowest BCUT2D eigenvalue weighted by Gasteiger charge is -2.12. The second kappa shape index (κ2) is 10.1. The third-order valence-corrected chi connectivity index (χ3v) is 6.84. The average Bonchev–Trinajstić information content (AvgIpc) is 3.04. The van der Waals surface area contributed by atoms with Gasteiger partial charge >= 0.3 is 5.97 Å². The smallest absolute Gasteiger partial charge is 0.341 e. The summed E-state index contributed by atoms with van der Waals surface area (Å²) in [6.45, 7) is 2.10. The standard InChI is InChI=1S/C21H24FNO3S2/c1-2-26-21(25)19-16-6-3-4-7-17(16)28-20(19)23-18(24)8-5-13-27-15-11-9-14(22)10-12-15/h9-12H,2-8,13H2,1H3,(H,23,24). The van der Waals surface area contributed by atoms with E-state index in [1.165, 1.54) is 28.3 Å². The van der Waals surface area contributed by atoms with Gasteiger partial charge in [-0.1, -0.05) is 0 Å². The quantitative estimate of drug-likeness (QED) is 0.350. The van der Waals surface area contributed by atoms with Crippen LogP contribution in [0.25, 0.3) is 0 Å². The number of nitrogens with one attached hydrogen (secondary N) is 1. The zero-order valence-corrected chi connectivity index (χ0v) is 17.5. The van der Waals surface area contributed by atoms with Crippen LogP contribution < -0.4 is 5.32 Å². The highest BCUT2D eigenvalue weighted by atomic mass is 32.2. The largest absolute Gasteiger partial charge is 0.462 e. The highest BCUT2D eigenvalue weighted by Crippen LogP contribution is 2.38. The van der Waals surface area contributed by atoms with Gasteiger partial charge in [-0.3, -0.25) is 4.79 Å². The Morgan fingerprint density at radius 2 is 1.96 bits per heavy atom. The molecule has 2 aromatic rings. The summed E-state index contributed by atoms with van der Waals surface area (Å²) in [4.78, 5) is 27.0. The summed E-state index contributed by atoms with van der Waals surface area (Å²) in [6, 6.07) is 6.35. The highest BCUT2D eigenvalue weighted by molar-refractivity contribution is 7.99. The van der Waals surface area contributed by atoms with Crippen LogP contribution in [0.4, 0.5) is 9.39 Å². The van der Waals surface area contributed by atoms with Crippen LogP contribution in [0.3, 0.4) is 0 Å². The molecule has 28 heavy (non-hydrogen) atoms. The highest BCUT2D eigenvalue weighted by Gasteiger charge is 2.27. The fourth-order valence-corrected chi connectivity index (χ4v) is 5.36. The summed E-state index contributed by atoms with van der Waals surface area (Å²) in [7, 11) is 0. The van der Waals surface area contributed by atoms with E-state index in [0.717, 1.165) is 41.9 Å². The van der Waals surface area contributed by atoms with Gasteiger partial charge in [-0.2, -0.15) is 0 Å². The van der Waals surface area contributed by atoms with Crippen molar-refractivity contribution in [3.63, 3.8) is 0 Å². The molecule has 0 fully saturated rings. The van der Waals surface area contributed by atoms with Gasteiger partial charge in [0.15, 0.2) is 0 Å². The second-order valence-corrected chi connectivity index (χ2v) is 8.86. The number of ether oxygens (including phenoxy) is 1. The van der Waals surface area contributed by atoms with Gasteiger partial charge in [0, 0.05) is 16.2 Å². The summed E-state index contributed by atoms with van der Waals surface area (Å²) in [5.41, 5.74) is 1.60. The summed E-state index contributed by atoms with van der Waals surface area (Å²) in [5, 5.41) is 3.56. The topological polar surface area (TPSA) is 55.4 Å². The van der Waals surface area contributed by atoms with Crippen molar-refractivity contribution >= 4 is 40.0 Å². The number of hydrogen-bond donors (Lipinski definition) is 1. The van der Waals surface area contributed by atoms with Gasteiger partial charge in [-0.05, 0) is 74.6 Å². The number of esters is 1. The number of rotatable bonds is 8. The maximum atomic E-state index is 12.9. The number of halogens is 1. The van der Waals surface area contributed by atoms with Crippen LogP contribution in [-0.2, 0) is 22.4 Å². The average molecular weight is 422 g/mol. The maximum Gasteiger partial charge on any atom is 0.341 e. The number of amides is 1. The van der Waals surface area contributed by atoms with E-state index >= 15 is 0 Å². The molecule has 150 valence electrons. The lowest BCUT2D eigenvalue weighted by atomic mass is 9.95. The molecule has 0 spiro atoms. The summed E-state index contributed by atoms with van der Waals surface area (Å²) in [5.74, 6) is 0.0813. The number of carbonyl (C=O) groups excluding carboxylic acids is 2. The number of hydrogen-bond acceptors (Lipinski definition) is 5. The van der Waals surface area contributed by atoms with Gasteiger partial charge in [0.25, 0.3) is 0 Å². The molecule has 1 heterocycles. The fourth-order valence-electron chi connectivity index (χ4n) is 3.22. The van der Waals surface area contributed by atoms with Crippen LogP contribution in [0, 0.1) is 5.82 Å². The van der Waals surface area contributed by atoms with Gasteiger partial charge in [0.2, 0.25) is 5.91 Å². The Kier molecular flexibility index (Phi) is 7.50. The predicted molar refractivity (Wildman–Crippen MR) is 112 cm³/mol. The van der Waals surface area contributed by atoms with Crippen molar-refractivity contribution in [2.24, 2.45) is 0 Å². The molecule has 0 unspecified atom stereocenters. The molecule has 0 aliphatic heterocycles. The molecule has 4 nitrogen and oxygen atoms in total. The van der Waals surface area contributed by atoms with Crippen LogP contribution in [0.1, 0.15) is 53.4 Å². The molecule has 0 saturated heterocycles. The zero-order valence-electron chi connectivity index (χ0n) is 15.9. The summed E-state index contributed by atoms with van der Waals surface area (Å²) in [6.07, 6.45) is 5.07. The van der Waals surface area contributed by atoms with Gasteiger partial charge in [-0.15, -0.1) is 23.1 Å². The Balaban J connectivity index is 1.56. The summed E-state index contributed by atoms with van der Waals surface area (Å²) < 4.78 is 18.1. The molecule has 0 atom stereocenters. The Morgan fingerprint density at radius 1 is 1.21 bits per heavy atom. The molecule has 0 radical (unpaired) electrons. The van der Waals surface area contributed by atoms with E-state index in [2.05, 4.69) is 5.32 Å². The van der Waals surface area contributed by atoms with E-state index in [4.69, 9.17) is 4.74 Å². The molecule has 1 aliphatic rings. The Morgan fingerprint density at radius 3 is 2.71 bits per heavy atom. The third kappa shape index (κ3) is 5.35. The molecule has 3 rings (SSSR count). The minimum absolute atomic E-state index is 0.0937. The predicted octanol–water partition coefficient (Wildman–Crippen LogP) is 5.45. The van der Waals surface area contributed by atoms with Gasteiger partial charge < -0.3 is 10.1 Å². The molecule has 0 bridgehead atoms. The molecule has 1 aromatic carbocycles. The van der Waals surface area contributed by atoms with Crippen LogP contribution in [0.5, 0.6) is 0 Å². The molecule has 7 heteroatoms. The first-order valence-corrected chi connectivity index (χ1v) is 11.4. The van der Waals surface area contributed by atoms with Crippen molar-refractivity contribution in [3.8, 4) is 0 Å². The molecular weight excluding hydrogens is 397 g/mol. The first kappa shape index (κ1) is 20.9. The number of carbonyl (C=O) groups is 2. The van der Waals surface area contributed by atoms with Crippen LogP contribution >= 0.6 is 23.1 Å². The minimum Gasteiger partial charge on any atom is -0.462 e. The number of thiophene rings is 1. The van der Waals surface area contributed by atoms with Gasteiger partial charge in [0.1, 0.15) is 10.8 Å². The van der Waals surface area contributed by atoms with Crippen LogP contribution in [0.2, 0.25) is 0 Å². The van der Waals surface area contributed by atoms with E-state index < -0.39 is 0 Å². The molecule has 1 N–H and O–H groups in total. The van der Waals surface area contributed by atoms with E-state index in [-0.39, 0.29) is 17.7 Å². The van der Waals surface area contributed by atoms with Crippen molar-refractivity contribution in [2.45, 2.75) is 50.3 Å². The second-order valence-electron chi connectivity index (χ2n) is 6.59. The Labute approximate surface area is 172 Å². The van der Waals surface area contributed by atoms with Crippen molar-refractivity contribution in [1.29, 1.82) is 0 Å². The third-order valence-electron chi connectivity index (χ3n) is 4.53. The number of benzene rings is 1.